The lowest BCUT2D eigenvalue weighted by atomic mass is 10.0. The van der Waals surface area contributed by atoms with E-state index in [0.29, 0.717) is 0 Å². The minimum absolute atomic E-state index is 0.0872. The fourth-order valence-corrected chi connectivity index (χ4v) is 3.08. The topological polar surface area (TPSA) is 29.1 Å². The Morgan fingerprint density at radius 2 is 1.95 bits per heavy atom. The van der Waals surface area contributed by atoms with Gasteiger partial charge in [0, 0.05) is 11.6 Å². The lowest BCUT2D eigenvalue weighted by molar-refractivity contribution is -0.137. The van der Waals surface area contributed by atoms with Crippen molar-refractivity contribution in [3.05, 3.63) is 29.8 Å². The summed E-state index contributed by atoms with van der Waals surface area (Å²) in [7, 11) is 0. The molecule has 0 radical (unpaired) electrons. The summed E-state index contributed by atoms with van der Waals surface area (Å²) in [6.07, 6.45) is -2.81. The number of carbonyl (C=O) groups is 1. The lowest BCUT2D eigenvalue weighted by Crippen LogP contribution is -2.26. The SMILES string of the molecule is O=C(Nc1cccc(C(F)(F)F)c1)C1CCSCC1. The molecule has 2 nitrogen and oxygen atoms in total. The van der Waals surface area contributed by atoms with Gasteiger partial charge in [0.15, 0.2) is 0 Å². The smallest absolute Gasteiger partial charge is 0.326 e. The normalized spacial score (nSPS) is 17.2. The van der Waals surface area contributed by atoms with Crippen LogP contribution in [0.3, 0.4) is 0 Å². The Labute approximate surface area is 113 Å². The van der Waals surface area contributed by atoms with Gasteiger partial charge in [0.2, 0.25) is 5.91 Å². The standard InChI is InChI=1S/C13H14F3NOS/c14-13(15,16)10-2-1-3-11(8-10)17-12(18)9-4-6-19-7-5-9/h1-3,8-9H,4-7H2,(H,17,18). The highest BCUT2D eigenvalue weighted by atomic mass is 32.2. The minimum atomic E-state index is -4.39. The van der Waals surface area contributed by atoms with E-state index in [-0.39, 0.29) is 17.5 Å². The average molecular weight is 289 g/mol. The molecule has 2 rings (SSSR count). The molecule has 1 fully saturated rings. The molecule has 1 heterocycles. The first-order chi connectivity index (χ1) is 8.97. The highest BCUT2D eigenvalue weighted by Gasteiger charge is 2.30. The first-order valence-electron chi connectivity index (χ1n) is 6.02. The van der Waals surface area contributed by atoms with E-state index in [1.54, 1.807) is 11.8 Å². The summed E-state index contributed by atoms with van der Waals surface area (Å²) in [6.45, 7) is 0. The van der Waals surface area contributed by atoms with Gasteiger partial charge in [0.05, 0.1) is 5.56 Å². The third kappa shape index (κ3) is 3.89. The van der Waals surface area contributed by atoms with E-state index in [1.165, 1.54) is 12.1 Å². The number of nitrogens with one attached hydrogen (secondary N) is 1. The molecule has 0 bridgehead atoms. The second-order valence-corrected chi connectivity index (χ2v) is 5.68. The number of hydrogen-bond acceptors (Lipinski definition) is 2. The van der Waals surface area contributed by atoms with Crippen LogP contribution >= 0.6 is 11.8 Å². The number of carbonyl (C=O) groups excluding carboxylic acids is 1. The van der Waals surface area contributed by atoms with E-state index >= 15 is 0 Å². The molecule has 0 saturated carbocycles. The number of alkyl halides is 3. The molecule has 1 saturated heterocycles. The van der Waals surface area contributed by atoms with E-state index in [9.17, 15) is 18.0 Å². The lowest BCUT2D eigenvalue weighted by Gasteiger charge is -2.20. The van der Waals surface area contributed by atoms with Crippen molar-refractivity contribution in [3.63, 3.8) is 0 Å². The number of hydrogen-bond donors (Lipinski definition) is 1. The summed E-state index contributed by atoms with van der Waals surface area (Å²) >= 11 is 1.80. The Morgan fingerprint density at radius 3 is 2.58 bits per heavy atom. The molecule has 1 aliphatic rings. The fraction of sp³-hybridized carbons (Fsp3) is 0.462. The summed E-state index contributed by atoms with van der Waals surface area (Å²) in [5, 5.41) is 2.58. The van der Waals surface area contributed by atoms with E-state index in [4.69, 9.17) is 0 Å². The zero-order chi connectivity index (χ0) is 13.9. The Hall–Kier alpha value is -1.17. The van der Waals surface area contributed by atoms with E-state index in [2.05, 4.69) is 5.32 Å². The molecule has 6 heteroatoms. The highest BCUT2D eigenvalue weighted by Crippen LogP contribution is 2.31. The second-order valence-electron chi connectivity index (χ2n) is 4.45. The van der Waals surface area contributed by atoms with Crippen LogP contribution in [0.25, 0.3) is 0 Å². The number of amides is 1. The number of thioether (sulfide) groups is 1. The molecule has 0 atom stereocenters. The maximum absolute atomic E-state index is 12.5. The Kier molecular flexibility index (Phi) is 4.39. The van der Waals surface area contributed by atoms with Crippen LogP contribution in [0.2, 0.25) is 0 Å². The van der Waals surface area contributed by atoms with E-state index in [0.717, 1.165) is 36.5 Å². The average Bonchev–Trinajstić information content (AvgIpc) is 2.39. The van der Waals surface area contributed by atoms with Crippen molar-refractivity contribution in [1.29, 1.82) is 0 Å². The van der Waals surface area contributed by atoms with Crippen LogP contribution in [0, 0.1) is 5.92 Å². The first-order valence-corrected chi connectivity index (χ1v) is 7.18. The molecule has 1 aromatic carbocycles. The van der Waals surface area contributed by atoms with Crippen molar-refractivity contribution in [2.24, 2.45) is 5.92 Å². The Bertz CT molecular complexity index is 455. The molecule has 1 amide bonds. The number of halogens is 3. The zero-order valence-corrected chi connectivity index (χ0v) is 11.0. The summed E-state index contributed by atoms with van der Waals surface area (Å²) in [6, 6.07) is 4.74. The Balaban J connectivity index is 2.04. The second kappa shape index (κ2) is 5.86. The molecule has 104 valence electrons. The molecule has 1 N–H and O–H groups in total. The maximum atomic E-state index is 12.5. The van der Waals surface area contributed by atoms with Gasteiger partial charge in [-0.1, -0.05) is 6.07 Å². The molecule has 0 unspecified atom stereocenters. The predicted molar refractivity (Wildman–Crippen MR) is 70.1 cm³/mol. The zero-order valence-electron chi connectivity index (χ0n) is 10.2. The van der Waals surface area contributed by atoms with Gasteiger partial charge in [-0.25, -0.2) is 0 Å². The quantitative estimate of drug-likeness (QED) is 0.897. The largest absolute Gasteiger partial charge is 0.416 e. The molecule has 0 aromatic heterocycles. The van der Waals surface area contributed by atoms with Crippen LogP contribution in [0.4, 0.5) is 18.9 Å². The van der Waals surface area contributed by atoms with Gasteiger partial charge in [0.1, 0.15) is 0 Å². The van der Waals surface area contributed by atoms with E-state index < -0.39 is 11.7 Å². The van der Waals surface area contributed by atoms with Crippen LogP contribution in [0.15, 0.2) is 24.3 Å². The van der Waals surface area contributed by atoms with Crippen LogP contribution in [0.5, 0.6) is 0 Å². The van der Waals surface area contributed by atoms with Gasteiger partial charge in [-0.15, -0.1) is 0 Å². The maximum Gasteiger partial charge on any atom is 0.416 e. The van der Waals surface area contributed by atoms with Crippen LogP contribution in [-0.4, -0.2) is 17.4 Å². The predicted octanol–water partition coefficient (Wildman–Crippen LogP) is 3.79. The Morgan fingerprint density at radius 1 is 1.26 bits per heavy atom. The van der Waals surface area contributed by atoms with Crippen molar-refractivity contribution in [2.45, 2.75) is 19.0 Å². The van der Waals surface area contributed by atoms with Crippen molar-refractivity contribution >= 4 is 23.4 Å². The molecule has 1 aromatic rings. The molecular formula is C13H14F3NOS. The van der Waals surface area contributed by atoms with Crippen LogP contribution in [-0.2, 0) is 11.0 Å². The van der Waals surface area contributed by atoms with Gasteiger partial charge in [-0.05, 0) is 42.5 Å². The van der Waals surface area contributed by atoms with Crippen molar-refractivity contribution in [1.82, 2.24) is 0 Å². The molecule has 19 heavy (non-hydrogen) atoms. The van der Waals surface area contributed by atoms with Crippen LogP contribution < -0.4 is 5.32 Å². The summed E-state index contributed by atoms with van der Waals surface area (Å²) < 4.78 is 37.6. The summed E-state index contributed by atoms with van der Waals surface area (Å²) in [5.74, 6) is 1.59. The number of anilines is 1. The van der Waals surface area contributed by atoms with Gasteiger partial charge in [0.25, 0.3) is 0 Å². The van der Waals surface area contributed by atoms with Gasteiger partial charge in [-0.3, -0.25) is 4.79 Å². The monoisotopic (exact) mass is 289 g/mol. The molecule has 0 spiro atoms. The fourth-order valence-electron chi connectivity index (χ4n) is 1.98. The van der Waals surface area contributed by atoms with Crippen molar-refractivity contribution in [2.75, 3.05) is 16.8 Å². The van der Waals surface area contributed by atoms with Crippen molar-refractivity contribution < 1.29 is 18.0 Å². The van der Waals surface area contributed by atoms with Gasteiger partial charge >= 0.3 is 6.18 Å². The van der Waals surface area contributed by atoms with Crippen molar-refractivity contribution in [3.8, 4) is 0 Å². The number of rotatable bonds is 2. The molecule has 1 aliphatic heterocycles. The summed E-state index contributed by atoms with van der Waals surface area (Å²) in [5.41, 5.74) is -0.539. The first kappa shape index (κ1) is 14.2. The van der Waals surface area contributed by atoms with Gasteiger partial charge < -0.3 is 5.32 Å². The van der Waals surface area contributed by atoms with Crippen LogP contribution in [0.1, 0.15) is 18.4 Å². The third-order valence-corrected chi connectivity index (χ3v) is 4.10. The van der Waals surface area contributed by atoms with E-state index in [1.807, 2.05) is 0 Å². The summed E-state index contributed by atoms with van der Waals surface area (Å²) in [4.78, 5) is 11.9. The number of benzene rings is 1. The minimum Gasteiger partial charge on any atom is -0.326 e. The molecular weight excluding hydrogens is 275 g/mol. The highest BCUT2D eigenvalue weighted by molar-refractivity contribution is 7.99. The third-order valence-electron chi connectivity index (χ3n) is 3.05. The van der Waals surface area contributed by atoms with Gasteiger partial charge in [-0.2, -0.15) is 24.9 Å². The molecule has 0 aliphatic carbocycles.